The van der Waals surface area contributed by atoms with Crippen molar-refractivity contribution < 1.29 is 14.2 Å². The highest BCUT2D eigenvalue weighted by Gasteiger charge is 2.30. The number of nitrogens with one attached hydrogen (secondary N) is 2. The van der Waals surface area contributed by atoms with Crippen LogP contribution in [0.1, 0.15) is 31.4 Å². The molecule has 0 unspecified atom stereocenters. The van der Waals surface area contributed by atoms with Gasteiger partial charge in [-0.05, 0) is 32.6 Å². The second-order valence-electron chi connectivity index (χ2n) is 7.15. The molecule has 1 amide bonds. The maximum Gasteiger partial charge on any atom is 0.329 e. The topological polar surface area (TPSA) is 139 Å². The minimum atomic E-state index is -0.476. The summed E-state index contributed by atoms with van der Waals surface area (Å²) in [7, 11) is 0. The van der Waals surface area contributed by atoms with Gasteiger partial charge in [-0.15, -0.1) is 0 Å². The molecule has 3 heterocycles. The van der Waals surface area contributed by atoms with E-state index >= 15 is 0 Å². The number of carbonyl (C=O) groups excluding carboxylic acids is 1. The molecule has 0 spiro atoms. The van der Waals surface area contributed by atoms with Crippen LogP contribution in [0.15, 0.2) is 16.8 Å². The van der Waals surface area contributed by atoms with Crippen molar-refractivity contribution in [3.8, 4) is 0 Å². The van der Waals surface area contributed by atoms with Gasteiger partial charge in [0, 0.05) is 31.1 Å². The molecule has 1 saturated heterocycles. The lowest BCUT2D eigenvalue weighted by Crippen LogP contribution is -2.39. The van der Waals surface area contributed by atoms with E-state index in [0.29, 0.717) is 43.5 Å². The van der Waals surface area contributed by atoms with Gasteiger partial charge in [-0.25, -0.2) is 4.98 Å². The van der Waals surface area contributed by atoms with Crippen molar-refractivity contribution in [1.82, 2.24) is 15.1 Å². The zero-order valence-corrected chi connectivity index (χ0v) is 15.4. The molecule has 2 N–H and O–H groups in total. The molecule has 0 aromatic carbocycles. The Kier molecular flexibility index (Phi) is 4.80. The monoisotopic (exact) mass is 387 g/mol. The summed E-state index contributed by atoms with van der Waals surface area (Å²) < 4.78 is 4.95. The van der Waals surface area contributed by atoms with Crippen molar-refractivity contribution >= 4 is 29.2 Å². The van der Waals surface area contributed by atoms with Crippen molar-refractivity contribution in [2.45, 2.75) is 38.6 Å². The zero-order valence-electron chi connectivity index (χ0n) is 15.4. The van der Waals surface area contributed by atoms with Crippen molar-refractivity contribution in [3.63, 3.8) is 0 Å². The first-order valence-corrected chi connectivity index (χ1v) is 9.26. The molecule has 2 aliphatic rings. The summed E-state index contributed by atoms with van der Waals surface area (Å²) in [5.41, 5.74) is -0.118. The molecular weight excluding hydrogens is 366 g/mol. The fourth-order valence-corrected chi connectivity index (χ4v) is 3.17. The van der Waals surface area contributed by atoms with Gasteiger partial charge in [-0.3, -0.25) is 14.9 Å². The van der Waals surface area contributed by atoms with Gasteiger partial charge >= 0.3 is 5.69 Å². The first-order chi connectivity index (χ1) is 13.5. The maximum absolute atomic E-state index is 12.4. The summed E-state index contributed by atoms with van der Waals surface area (Å²) >= 11 is 0. The van der Waals surface area contributed by atoms with Gasteiger partial charge in [0.05, 0.1) is 4.92 Å². The molecule has 1 aliphatic heterocycles. The number of nitrogens with zero attached hydrogens (tertiary/aromatic N) is 5. The molecule has 2 aromatic heterocycles. The number of anilines is 3. The normalized spacial score (nSPS) is 17.4. The lowest BCUT2D eigenvalue weighted by atomic mass is 9.96. The van der Waals surface area contributed by atoms with Gasteiger partial charge in [0.15, 0.2) is 5.82 Å². The predicted octanol–water partition coefficient (Wildman–Crippen LogP) is 2.11. The Bertz CT molecular complexity index is 887. The maximum atomic E-state index is 12.4. The highest BCUT2D eigenvalue weighted by Crippen LogP contribution is 2.31. The van der Waals surface area contributed by atoms with Crippen LogP contribution in [0.25, 0.3) is 0 Å². The third-order valence-electron chi connectivity index (χ3n) is 4.90. The van der Waals surface area contributed by atoms with E-state index in [0.717, 1.165) is 12.8 Å². The quantitative estimate of drug-likeness (QED) is 0.563. The largest absolute Gasteiger partial charge is 0.361 e. The molecule has 0 atom stereocenters. The number of hydrogen-bond donors (Lipinski definition) is 2. The Morgan fingerprint density at radius 1 is 1.32 bits per heavy atom. The van der Waals surface area contributed by atoms with E-state index in [1.165, 1.54) is 6.20 Å². The number of nitro groups is 1. The Morgan fingerprint density at radius 2 is 2.07 bits per heavy atom. The Balaban J connectivity index is 1.39. The van der Waals surface area contributed by atoms with Crippen LogP contribution in [0.5, 0.6) is 0 Å². The Hall–Kier alpha value is -3.24. The molecule has 11 nitrogen and oxygen atoms in total. The molecule has 1 saturated carbocycles. The smallest absolute Gasteiger partial charge is 0.329 e. The average Bonchev–Trinajstić information content (AvgIpc) is 3.41. The van der Waals surface area contributed by atoms with Gasteiger partial charge in [-0.2, -0.15) is 4.98 Å². The highest BCUT2D eigenvalue weighted by atomic mass is 16.6. The minimum absolute atomic E-state index is 0.0892. The fourth-order valence-electron chi connectivity index (χ4n) is 3.17. The van der Waals surface area contributed by atoms with Crippen molar-refractivity contribution in [2.24, 2.45) is 5.92 Å². The number of hydrogen-bond acceptors (Lipinski definition) is 9. The van der Waals surface area contributed by atoms with Crippen LogP contribution < -0.4 is 15.5 Å². The fraction of sp³-hybridized carbons (Fsp3) is 0.529. The van der Waals surface area contributed by atoms with Crippen molar-refractivity contribution in [1.29, 1.82) is 0 Å². The summed E-state index contributed by atoms with van der Waals surface area (Å²) in [5, 5.41) is 20.8. The van der Waals surface area contributed by atoms with Crippen LogP contribution in [0.4, 0.5) is 23.3 Å². The highest BCUT2D eigenvalue weighted by molar-refractivity contribution is 5.91. The summed E-state index contributed by atoms with van der Waals surface area (Å²) in [4.78, 5) is 33.6. The standard InChI is InChI=1S/C17H21N7O4/c1-10-8-14(22-28-10)20-16(25)11-4-6-23(7-5-11)17-18-9-13(24(26)27)15(21-17)19-12-2-3-12/h8-9,11-12H,2-7H2,1H3,(H,18,19,21)(H,20,22,25). The molecule has 2 aromatic rings. The molecule has 2 fully saturated rings. The number of aryl methyl sites for hydroxylation is 1. The van der Waals surface area contributed by atoms with Crippen molar-refractivity contribution in [2.75, 3.05) is 28.6 Å². The molecule has 0 bridgehead atoms. The number of carbonyl (C=O) groups is 1. The number of amides is 1. The number of rotatable bonds is 6. The Labute approximate surface area is 160 Å². The van der Waals surface area contributed by atoms with Crippen molar-refractivity contribution in [3.05, 3.63) is 28.1 Å². The summed E-state index contributed by atoms with van der Waals surface area (Å²) in [6, 6.07) is 1.92. The van der Waals surface area contributed by atoms with E-state index in [9.17, 15) is 14.9 Å². The second kappa shape index (κ2) is 7.41. The van der Waals surface area contributed by atoms with E-state index in [-0.39, 0.29) is 29.4 Å². The van der Waals surface area contributed by atoms with E-state index in [4.69, 9.17) is 4.52 Å². The first kappa shape index (κ1) is 18.1. The minimum Gasteiger partial charge on any atom is -0.361 e. The molecule has 11 heteroatoms. The van der Waals surface area contributed by atoms with E-state index in [1.54, 1.807) is 13.0 Å². The van der Waals surface area contributed by atoms with Crippen LogP contribution in [0.3, 0.4) is 0 Å². The molecule has 28 heavy (non-hydrogen) atoms. The lowest BCUT2D eigenvalue weighted by molar-refractivity contribution is -0.384. The second-order valence-corrected chi connectivity index (χ2v) is 7.15. The molecule has 4 rings (SSSR count). The van der Waals surface area contributed by atoms with Crippen LogP contribution in [0, 0.1) is 23.0 Å². The lowest BCUT2D eigenvalue weighted by Gasteiger charge is -2.31. The zero-order chi connectivity index (χ0) is 19.7. The van der Waals surface area contributed by atoms with E-state index in [1.807, 2.05) is 4.90 Å². The SMILES string of the molecule is Cc1cc(NC(=O)C2CCN(c3ncc([N+](=O)[O-])c(NC4CC4)n3)CC2)no1. The van der Waals surface area contributed by atoms with Gasteiger partial charge in [0.1, 0.15) is 12.0 Å². The predicted molar refractivity (Wildman–Crippen MR) is 100 cm³/mol. The van der Waals surface area contributed by atoms with Crippen LogP contribution >= 0.6 is 0 Å². The molecule has 148 valence electrons. The van der Waals surface area contributed by atoms with Gasteiger partial charge in [0.2, 0.25) is 17.7 Å². The number of piperidine rings is 1. The molecule has 0 radical (unpaired) electrons. The van der Waals surface area contributed by atoms with Gasteiger partial charge in [0.25, 0.3) is 0 Å². The summed E-state index contributed by atoms with van der Waals surface area (Å²) in [5.74, 6) is 1.53. The van der Waals surface area contributed by atoms with Crippen LogP contribution in [-0.2, 0) is 4.79 Å². The summed E-state index contributed by atoms with van der Waals surface area (Å²) in [6.45, 7) is 2.95. The van der Waals surface area contributed by atoms with Gasteiger partial charge < -0.3 is 20.1 Å². The van der Waals surface area contributed by atoms with Crippen LogP contribution in [0.2, 0.25) is 0 Å². The van der Waals surface area contributed by atoms with E-state index in [2.05, 4.69) is 25.8 Å². The van der Waals surface area contributed by atoms with Crippen LogP contribution in [-0.4, -0.2) is 45.1 Å². The van der Waals surface area contributed by atoms with E-state index < -0.39 is 4.92 Å². The first-order valence-electron chi connectivity index (χ1n) is 9.26. The summed E-state index contributed by atoms with van der Waals surface area (Å²) in [6.07, 6.45) is 4.49. The Morgan fingerprint density at radius 3 is 2.68 bits per heavy atom. The number of aromatic nitrogens is 3. The average molecular weight is 387 g/mol. The third-order valence-corrected chi connectivity index (χ3v) is 4.90. The van der Waals surface area contributed by atoms with Gasteiger partial charge in [-0.1, -0.05) is 5.16 Å². The molecule has 1 aliphatic carbocycles. The third kappa shape index (κ3) is 4.02. The molecular formula is C17H21N7O4.